The second-order valence-electron chi connectivity index (χ2n) is 3.53. The molecule has 4 atom stereocenters. The molecule has 0 radical (unpaired) electrons. The lowest BCUT2D eigenvalue weighted by Gasteiger charge is -2.17. The van der Waals surface area contributed by atoms with Gasteiger partial charge in [-0.1, -0.05) is 0 Å². The molecule has 0 aliphatic rings. The van der Waals surface area contributed by atoms with Gasteiger partial charge in [-0.05, 0) is 0 Å². The molecule has 0 saturated carbocycles. The molecule has 0 spiro atoms. The molecule has 14 nitrogen and oxygen atoms in total. The lowest BCUT2D eigenvalue weighted by Crippen LogP contribution is -2.38. The lowest BCUT2D eigenvalue weighted by molar-refractivity contribution is -0.137. The van der Waals surface area contributed by atoms with Crippen LogP contribution >= 0.6 is 23.5 Å². The predicted octanol–water partition coefficient (Wildman–Crippen LogP) is -2.39. The van der Waals surface area contributed by atoms with Gasteiger partial charge in [-0.15, -0.1) is 0 Å². The van der Waals surface area contributed by atoms with Crippen LogP contribution in [0.3, 0.4) is 0 Å². The number of rotatable bonds is 10. The van der Waals surface area contributed by atoms with Gasteiger partial charge in [-0.25, -0.2) is 13.7 Å². The molecule has 7 N–H and O–H groups in total. The Hall–Kier alpha value is -0.0400. The van der Waals surface area contributed by atoms with E-state index in [1.807, 2.05) is 0 Å². The summed E-state index contributed by atoms with van der Waals surface area (Å²) in [6.07, 6.45) is -4.09. The van der Waals surface area contributed by atoms with Gasteiger partial charge >= 0.3 is 23.5 Å². The zero-order chi connectivity index (χ0) is 17.8. The number of aliphatic hydroxyl groups excluding tert-OH is 3. The highest BCUT2D eigenvalue weighted by Crippen LogP contribution is 2.66. The number of hydrogen-bond donors (Lipinski definition) is 7. The summed E-state index contributed by atoms with van der Waals surface area (Å²) in [6.45, 7) is -2.41. The summed E-state index contributed by atoms with van der Waals surface area (Å²) in [6, 6.07) is 0. The van der Waals surface area contributed by atoms with E-state index >= 15 is 0 Å². The Morgan fingerprint density at radius 1 is 0.955 bits per heavy atom. The van der Waals surface area contributed by atoms with Gasteiger partial charge in [-0.2, -0.15) is 8.62 Å². The number of aliphatic hydroxyl groups is 3. The smallest absolute Gasteiger partial charge is 0.394 e. The van der Waals surface area contributed by atoms with Gasteiger partial charge in [0.1, 0.15) is 18.8 Å². The number of carbonyl (C=O) groups is 1. The van der Waals surface area contributed by atoms with Crippen molar-refractivity contribution in [2.45, 2.75) is 12.2 Å². The Balaban J connectivity index is 4.66. The number of phosphoric acid groups is 3. The molecule has 0 aliphatic heterocycles. The van der Waals surface area contributed by atoms with Crippen LogP contribution in [-0.4, -0.2) is 66.1 Å². The van der Waals surface area contributed by atoms with Crippen molar-refractivity contribution in [2.24, 2.45) is 0 Å². The molecule has 22 heavy (non-hydrogen) atoms. The molecule has 0 aromatic rings. The van der Waals surface area contributed by atoms with Gasteiger partial charge in [-0.3, -0.25) is 9.32 Å². The van der Waals surface area contributed by atoms with E-state index in [4.69, 9.17) is 34.9 Å². The fourth-order valence-electron chi connectivity index (χ4n) is 0.848. The first-order valence-electron chi connectivity index (χ1n) is 4.97. The summed E-state index contributed by atoms with van der Waals surface area (Å²) < 4.78 is 43.0. The predicted molar refractivity (Wildman–Crippen MR) is 63.9 cm³/mol. The van der Waals surface area contributed by atoms with E-state index in [0.29, 0.717) is 0 Å². The van der Waals surface area contributed by atoms with Crippen LogP contribution in [0, 0.1) is 0 Å². The summed E-state index contributed by atoms with van der Waals surface area (Å²) in [5.74, 6) is -1.40. The van der Waals surface area contributed by atoms with Crippen molar-refractivity contribution in [2.75, 3.05) is 13.2 Å². The third-order valence-corrected chi connectivity index (χ3v) is 5.45. The molecule has 132 valence electrons. The van der Waals surface area contributed by atoms with Crippen molar-refractivity contribution in [3.05, 3.63) is 0 Å². The Labute approximate surface area is 122 Å². The van der Waals surface area contributed by atoms with Crippen LogP contribution in [0.25, 0.3) is 0 Å². The first-order chi connectivity index (χ1) is 9.69. The number of ketones is 1. The topological polar surface area (TPSA) is 238 Å². The fraction of sp³-hybridized carbons (Fsp3) is 0.800. The summed E-state index contributed by atoms with van der Waals surface area (Å²) in [5, 5.41) is 26.4. The van der Waals surface area contributed by atoms with E-state index in [9.17, 15) is 18.5 Å². The maximum absolute atomic E-state index is 11.2. The van der Waals surface area contributed by atoms with Gasteiger partial charge in [0.05, 0.1) is 6.61 Å². The highest BCUT2D eigenvalue weighted by atomic mass is 31.3. The molecular formula is C5H13O14P3. The zero-order valence-electron chi connectivity index (χ0n) is 10.4. The van der Waals surface area contributed by atoms with Crippen LogP contribution in [0.4, 0.5) is 0 Å². The summed E-state index contributed by atoms with van der Waals surface area (Å²) in [5.41, 5.74) is 0. The molecule has 0 fully saturated rings. The van der Waals surface area contributed by atoms with Gasteiger partial charge in [0, 0.05) is 0 Å². The zero-order valence-corrected chi connectivity index (χ0v) is 13.1. The molecular weight excluding hydrogens is 377 g/mol. The molecule has 0 rings (SSSR count). The molecule has 0 bridgehead atoms. The quantitative estimate of drug-likeness (QED) is 0.193. The summed E-state index contributed by atoms with van der Waals surface area (Å²) in [4.78, 5) is 45.4. The van der Waals surface area contributed by atoms with Gasteiger partial charge in [0.25, 0.3) is 0 Å². The lowest BCUT2D eigenvalue weighted by atomic mass is 10.1. The molecule has 4 unspecified atom stereocenters. The Kier molecular flexibility index (Phi) is 8.16. The summed E-state index contributed by atoms with van der Waals surface area (Å²) >= 11 is 0. The van der Waals surface area contributed by atoms with Crippen LogP contribution in [-0.2, 0) is 31.6 Å². The van der Waals surface area contributed by atoms with Gasteiger partial charge < -0.3 is 34.9 Å². The van der Waals surface area contributed by atoms with Crippen molar-refractivity contribution < 1.29 is 66.5 Å². The third-order valence-electron chi connectivity index (χ3n) is 1.67. The molecule has 17 heteroatoms. The minimum Gasteiger partial charge on any atom is -0.394 e. The minimum atomic E-state index is -5.71. The van der Waals surface area contributed by atoms with E-state index < -0.39 is 54.7 Å². The van der Waals surface area contributed by atoms with Crippen LogP contribution in [0.5, 0.6) is 0 Å². The highest BCUT2D eigenvalue weighted by molar-refractivity contribution is 7.66. The first kappa shape index (κ1) is 22.0. The second kappa shape index (κ2) is 8.18. The van der Waals surface area contributed by atoms with Crippen molar-refractivity contribution in [3.8, 4) is 0 Å². The molecule has 0 amide bonds. The molecule has 0 aliphatic carbocycles. The maximum Gasteiger partial charge on any atom is 0.490 e. The van der Waals surface area contributed by atoms with Crippen molar-refractivity contribution in [1.82, 2.24) is 0 Å². The Morgan fingerprint density at radius 3 is 1.86 bits per heavy atom. The number of Topliss-reactive ketones (excluding diaryl/α,β-unsaturated/α-hetero) is 1. The van der Waals surface area contributed by atoms with Crippen LogP contribution in [0.2, 0.25) is 0 Å². The van der Waals surface area contributed by atoms with E-state index in [0.717, 1.165) is 0 Å². The normalized spacial score (nSPS) is 20.7. The van der Waals surface area contributed by atoms with Crippen LogP contribution in [0.15, 0.2) is 0 Å². The van der Waals surface area contributed by atoms with Gasteiger partial charge in [0.15, 0.2) is 5.78 Å². The average Bonchev–Trinajstić information content (AvgIpc) is 2.29. The molecule has 0 heterocycles. The average molecular weight is 390 g/mol. The number of carbonyl (C=O) groups excluding carboxylic acids is 1. The fourth-order valence-corrected chi connectivity index (χ4v) is 3.83. The van der Waals surface area contributed by atoms with Crippen molar-refractivity contribution in [1.29, 1.82) is 0 Å². The van der Waals surface area contributed by atoms with E-state index in [-0.39, 0.29) is 0 Å². The molecule has 0 aromatic carbocycles. The number of phosphoric ester groups is 1. The van der Waals surface area contributed by atoms with Crippen LogP contribution < -0.4 is 0 Å². The third kappa shape index (κ3) is 9.18. The summed E-state index contributed by atoms with van der Waals surface area (Å²) in [7, 11) is -16.7. The SMILES string of the molecule is O=C(COP(=O)(O)OP(=O)(O)OP(=O)(O)O)C(O)C(O)CO. The monoisotopic (exact) mass is 390 g/mol. The number of hydrogen-bond acceptors (Lipinski definition) is 10. The Bertz CT molecular complexity index is 523. The van der Waals surface area contributed by atoms with Gasteiger partial charge in [0.2, 0.25) is 0 Å². The van der Waals surface area contributed by atoms with E-state index in [2.05, 4.69) is 13.1 Å². The first-order valence-corrected chi connectivity index (χ1v) is 9.49. The minimum absolute atomic E-state index is 1.01. The second-order valence-corrected chi connectivity index (χ2v) is 7.95. The van der Waals surface area contributed by atoms with Crippen molar-refractivity contribution in [3.63, 3.8) is 0 Å². The van der Waals surface area contributed by atoms with E-state index in [1.165, 1.54) is 0 Å². The highest BCUT2D eigenvalue weighted by Gasteiger charge is 2.41. The van der Waals surface area contributed by atoms with E-state index in [1.54, 1.807) is 0 Å². The van der Waals surface area contributed by atoms with Crippen molar-refractivity contribution >= 4 is 29.3 Å². The Morgan fingerprint density at radius 2 is 1.45 bits per heavy atom. The largest absolute Gasteiger partial charge is 0.490 e. The van der Waals surface area contributed by atoms with Crippen LogP contribution in [0.1, 0.15) is 0 Å². The maximum atomic E-state index is 11.2. The standard InChI is InChI=1S/C5H13O14P3/c6-1-3(7)5(9)4(8)2-17-21(13,14)19-22(15,16)18-20(10,11)12/h3,5-7,9H,1-2H2,(H,13,14)(H,15,16)(H2,10,11,12). The molecule has 0 saturated heterocycles. The molecule has 0 aromatic heterocycles.